The third-order valence-electron chi connectivity index (χ3n) is 1.64. The van der Waals surface area contributed by atoms with E-state index in [4.69, 9.17) is 5.73 Å². The second kappa shape index (κ2) is 3.56. The minimum atomic E-state index is 0.372. The van der Waals surface area contributed by atoms with Crippen LogP contribution in [0.15, 0.2) is 4.99 Å². The molecule has 0 radical (unpaired) electrons. The summed E-state index contributed by atoms with van der Waals surface area (Å²) in [6.07, 6.45) is 2.30. The van der Waals surface area contributed by atoms with Crippen LogP contribution in [0.5, 0.6) is 0 Å². The zero-order valence-corrected chi connectivity index (χ0v) is 6.43. The molecule has 0 fully saturated rings. The summed E-state index contributed by atoms with van der Waals surface area (Å²) in [4.78, 5) is 4.27. The molecule has 10 heavy (non-hydrogen) atoms. The number of nitrogens with two attached hydrogens (primary N) is 1. The molecule has 58 valence electrons. The molecule has 1 heterocycles. The van der Waals surface area contributed by atoms with E-state index in [1.807, 2.05) is 0 Å². The molecule has 1 aliphatic rings. The average molecular weight is 141 g/mol. The first-order chi connectivity index (χ1) is 4.83. The van der Waals surface area contributed by atoms with Gasteiger partial charge in [0.05, 0.1) is 5.84 Å². The largest absolute Gasteiger partial charge is 0.370 e. The highest BCUT2D eigenvalue weighted by Crippen LogP contribution is 2.01. The normalized spacial score (nSPS) is 20.4. The van der Waals surface area contributed by atoms with Gasteiger partial charge in [0.2, 0.25) is 0 Å². The molecule has 0 amide bonds. The van der Waals surface area contributed by atoms with Crippen LogP contribution in [0.4, 0.5) is 0 Å². The summed E-state index contributed by atoms with van der Waals surface area (Å²) in [6, 6.07) is 0.372. The Kier molecular flexibility index (Phi) is 2.68. The number of aliphatic imine (C=N–C) groups is 1. The molecule has 0 saturated heterocycles. The summed E-state index contributed by atoms with van der Waals surface area (Å²) in [5.74, 6) is 1.14. The maximum absolute atomic E-state index is 5.43. The van der Waals surface area contributed by atoms with Crippen molar-refractivity contribution in [3.63, 3.8) is 0 Å². The standard InChI is InChI=1S/C7H15N3/c1-6(5-8)10-7-3-2-4-9-7/h6H,2-5,8H2,1H3,(H,9,10). The van der Waals surface area contributed by atoms with E-state index in [1.54, 1.807) is 0 Å². The van der Waals surface area contributed by atoms with Crippen LogP contribution in [0.1, 0.15) is 19.8 Å². The van der Waals surface area contributed by atoms with Gasteiger partial charge in [-0.2, -0.15) is 0 Å². The van der Waals surface area contributed by atoms with Crippen molar-refractivity contribution in [2.45, 2.75) is 25.8 Å². The van der Waals surface area contributed by atoms with Crippen molar-refractivity contribution in [3.05, 3.63) is 0 Å². The highest BCUT2D eigenvalue weighted by molar-refractivity contribution is 5.83. The van der Waals surface area contributed by atoms with Crippen molar-refractivity contribution in [3.8, 4) is 0 Å². The van der Waals surface area contributed by atoms with Crippen LogP contribution in [-0.4, -0.2) is 25.0 Å². The molecular weight excluding hydrogens is 126 g/mol. The first kappa shape index (κ1) is 7.54. The first-order valence-corrected chi connectivity index (χ1v) is 3.83. The molecular formula is C7H15N3. The van der Waals surface area contributed by atoms with Crippen molar-refractivity contribution in [2.75, 3.05) is 13.1 Å². The first-order valence-electron chi connectivity index (χ1n) is 3.83. The topological polar surface area (TPSA) is 50.4 Å². The number of nitrogens with zero attached hydrogens (tertiary/aromatic N) is 1. The quantitative estimate of drug-likeness (QED) is 0.573. The van der Waals surface area contributed by atoms with E-state index in [0.717, 1.165) is 18.8 Å². The number of hydrogen-bond acceptors (Lipinski definition) is 3. The van der Waals surface area contributed by atoms with Crippen LogP contribution in [0, 0.1) is 0 Å². The van der Waals surface area contributed by atoms with Gasteiger partial charge in [-0.1, -0.05) is 0 Å². The number of nitrogens with one attached hydrogen (secondary N) is 1. The van der Waals surface area contributed by atoms with E-state index in [-0.39, 0.29) is 0 Å². The molecule has 1 unspecified atom stereocenters. The van der Waals surface area contributed by atoms with Gasteiger partial charge >= 0.3 is 0 Å². The summed E-state index contributed by atoms with van der Waals surface area (Å²) in [5.41, 5.74) is 5.43. The minimum Gasteiger partial charge on any atom is -0.370 e. The van der Waals surface area contributed by atoms with E-state index in [9.17, 15) is 0 Å². The second-order valence-corrected chi connectivity index (χ2v) is 2.71. The lowest BCUT2D eigenvalue weighted by molar-refractivity contribution is 0.669. The summed E-state index contributed by atoms with van der Waals surface area (Å²) < 4.78 is 0. The van der Waals surface area contributed by atoms with Gasteiger partial charge in [-0.25, -0.2) is 0 Å². The fourth-order valence-electron chi connectivity index (χ4n) is 1.00. The zero-order chi connectivity index (χ0) is 7.40. The molecule has 3 N–H and O–H groups in total. The summed E-state index contributed by atoms with van der Waals surface area (Å²) in [5, 5.41) is 3.25. The molecule has 0 bridgehead atoms. The third kappa shape index (κ3) is 1.99. The van der Waals surface area contributed by atoms with Crippen LogP contribution in [0.3, 0.4) is 0 Å². The van der Waals surface area contributed by atoms with Gasteiger partial charge in [-0.05, 0) is 13.3 Å². The highest BCUT2D eigenvalue weighted by Gasteiger charge is 2.07. The Morgan fingerprint density at radius 2 is 2.60 bits per heavy atom. The Labute approximate surface area is 61.7 Å². The van der Waals surface area contributed by atoms with Crippen LogP contribution in [-0.2, 0) is 0 Å². The molecule has 1 atom stereocenters. The Balaban J connectivity index is 2.23. The molecule has 0 saturated carbocycles. The lowest BCUT2D eigenvalue weighted by Gasteiger charge is -2.11. The summed E-state index contributed by atoms with van der Waals surface area (Å²) in [7, 11) is 0. The SMILES string of the molecule is CC(CN)NC1=NCCC1. The van der Waals surface area contributed by atoms with Crippen LogP contribution < -0.4 is 11.1 Å². The fraction of sp³-hybridized carbons (Fsp3) is 0.857. The van der Waals surface area contributed by atoms with Gasteiger partial charge in [-0.15, -0.1) is 0 Å². The number of rotatable bonds is 2. The molecule has 0 aromatic carbocycles. The minimum absolute atomic E-state index is 0.372. The van der Waals surface area contributed by atoms with E-state index >= 15 is 0 Å². The molecule has 0 aromatic heterocycles. The number of amidine groups is 1. The van der Waals surface area contributed by atoms with Crippen LogP contribution >= 0.6 is 0 Å². The summed E-state index contributed by atoms with van der Waals surface area (Å²) >= 11 is 0. The average Bonchev–Trinajstić information content (AvgIpc) is 2.40. The lowest BCUT2D eigenvalue weighted by atomic mass is 10.3. The van der Waals surface area contributed by atoms with Gasteiger partial charge < -0.3 is 11.1 Å². The predicted octanol–water partition coefficient (Wildman–Crippen LogP) is 0.115. The zero-order valence-electron chi connectivity index (χ0n) is 6.43. The Morgan fingerprint density at radius 1 is 1.80 bits per heavy atom. The second-order valence-electron chi connectivity index (χ2n) is 2.71. The van der Waals surface area contributed by atoms with Crippen LogP contribution in [0.25, 0.3) is 0 Å². The predicted molar refractivity (Wildman–Crippen MR) is 43.2 cm³/mol. The fourth-order valence-corrected chi connectivity index (χ4v) is 1.00. The molecule has 0 aromatic rings. The Bertz CT molecular complexity index is 131. The van der Waals surface area contributed by atoms with Crippen LogP contribution in [0.2, 0.25) is 0 Å². The molecule has 3 heteroatoms. The number of hydrogen-bond donors (Lipinski definition) is 2. The van der Waals surface area contributed by atoms with Gasteiger partial charge in [0.1, 0.15) is 0 Å². The van der Waals surface area contributed by atoms with Crippen molar-refractivity contribution >= 4 is 5.84 Å². The van der Waals surface area contributed by atoms with E-state index in [0.29, 0.717) is 12.6 Å². The van der Waals surface area contributed by atoms with E-state index in [2.05, 4.69) is 17.2 Å². The highest BCUT2D eigenvalue weighted by atomic mass is 15.0. The lowest BCUT2D eigenvalue weighted by Crippen LogP contribution is -2.36. The molecule has 0 aliphatic carbocycles. The monoisotopic (exact) mass is 141 g/mol. The van der Waals surface area contributed by atoms with Gasteiger partial charge in [0.25, 0.3) is 0 Å². The maximum atomic E-state index is 5.43. The maximum Gasteiger partial charge on any atom is 0.0966 e. The van der Waals surface area contributed by atoms with Crippen molar-refractivity contribution in [2.24, 2.45) is 10.7 Å². The Hall–Kier alpha value is -0.570. The van der Waals surface area contributed by atoms with Gasteiger partial charge in [-0.3, -0.25) is 4.99 Å². The van der Waals surface area contributed by atoms with E-state index < -0.39 is 0 Å². The van der Waals surface area contributed by atoms with Gasteiger partial charge in [0, 0.05) is 25.6 Å². The molecule has 0 spiro atoms. The van der Waals surface area contributed by atoms with Gasteiger partial charge in [0.15, 0.2) is 0 Å². The Morgan fingerprint density at radius 3 is 3.10 bits per heavy atom. The van der Waals surface area contributed by atoms with Crippen molar-refractivity contribution < 1.29 is 0 Å². The van der Waals surface area contributed by atoms with Crippen molar-refractivity contribution in [1.29, 1.82) is 0 Å². The summed E-state index contributed by atoms with van der Waals surface area (Å²) in [6.45, 7) is 3.74. The van der Waals surface area contributed by atoms with Crippen molar-refractivity contribution in [1.82, 2.24) is 5.32 Å². The molecule has 1 aliphatic heterocycles. The molecule has 3 nitrogen and oxygen atoms in total. The van der Waals surface area contributed by atoms with E-state index in [1.165, 1.54) is 6.42 Å². The molecule has 1 rings (SSSR count). The smallest absolute Gasteiger partial charge is 0.0966 e. The third-order valence-corrected chi connectivity index (χ3v) is 1.64.